The van der Waals surface area contributed by atoms with Crippen LogP contribution in [-0.2, 0) is 0 Å². The van der Waals surface area contributed by atoms with Crippen LogP contribution in [0, 0.1) is 32.6 Å². The van der Waals surface area contributed by atoms with Crippen LogP contribution in [0.4, 0.5) is 0 Å². The third-order valence-electron chi connectivity index (χ3n) is 5.89. The molecule has 2 atom stereocenters. The topological polar surface area (TPSA) is 3.24 Å². The van der Waals surface area contributed by atoms with Crippen LogP contribution in [0.3, 0.4) is 0 Å². The molecule has 0 fully saturated rings. The molecule has 1 aliphatic heterocycles. The Bertz CT molecular complexity index is 704. The minimum Gasteiger partial charge on any atom is -0.370 e. The van der Waals surface area contributed by atoms with E-state index in [1.54, 1.807) is 10.8 Å². The monoisotopic (exact) mass is 355 g/mol. The van der Waals surface area contributed by atoms with Crippen molar-refractivity contribution in [2.24, 2.45) is 11.8 Å². The molecular weight excluding hydrogens is 318 g/mol. The zero-order valence-corrected chi connectivity index (χ0v) is 19.0. The van der Waals surface area contributed by atoms with Gasteiger partial charge >= 0.3 is 0 Å². The molecule has 1 unspecified atom stereocenters. The molecule has 0 aliphatic carbocycles. The summed E-state index contributed by atoms with van der Waals surface area (Å²) in [4.78, 5) is 2.44. The maximum Gasteiger partial charge on any atom is 0.0798 e. The molecule has 0 saturated heterocycles. The lowest BCUT2D eigenvalue weighted by molar-refractivity contribution is 0.373. The zero-order valence-electron chi connectivity index (χ0n) is 18.0. The van der Waals surface area contributed by atoms with Gasteiger partial charge in [0.15, 0.2) is 0 Å². The number of allylic oxidation sites excluding steroid dienone is 2. The number of benzene rings is 1. The molecule has 1 aromatic rings. The van der Waals surface area contributed by atoms with Crippen molar-refractivity contribution in [2.75, 3.05) is 7.05 Å². The first-order valence-electron chi connectivity index (χ1n) is 9.67. The number of rotatable bonds is 4. The molecule has 138 valence electrons. The van der Waals surface area contributed by atoms with Crippen LogP contribution < -0.4 is 0 Å². The summed E-state index contributed by atoms with van der Waals surface area (Å²) in [6, 6.07) is 5.02. The number of hydrogen-bond donors (Lipinski definition) is 0. The second-order valence-electron chi connectivity index (χ2n) is 9.35. The normalized spacial score (nSPS) is 19.8. The van der Waals surface area contributed by atoms with Crippen LogP contribution in [0.15, 0.2) is 35.2 Å². The average Bonchev–Trinajstić information content (AvgIpc) is 2.49. The summed E-state index contributed by atoms with van der Waals surface area (Å²) in [6.07, 6.45) is 5.03. The summed E-state index contributed by atoms with van der Waals surface area (Å²) in [5.74, 6) is 1.26. The van der Waals surface area contributed by atoms with E-state index in [1.807, 2.05) is 0 Å². The number of likely N-dealkylation sites (N-methyl/N-ethyl adjacent to an activating group) is 1. The highest BCUT2D eigenvalue weighted by atomic mass is 28.3. The van der Waals surface area contributed by atoms with E-state index in [2.05, 4.69) is 97.5 Å². The predicted octanol–water partition coefficient (Wildman–Crippen LogP) is 6.58. The average molecular weight is 356 g/mol. The van der Waals surface area contributed by atoms with Gasteiger partial charge in [-0.1, -0.05) is 64.2 Å². The molecule has 1 aromatic carbocycles. The fourth-order valence-corrected chi connectivity index (χ4v) is 5.58. The Labute approximate surface area is 156 Å². The van der Waals surface area contributed by atoms with Gasteiger partial charge in [0.05, 0.1) is 14.1 Å². The van der Waals surface area contributed by atoms with Crippen molar-refractivity contribution in [3.63, 3.8) is 0 Å². The van der Waals surface area contributed by atoms with Crippen LogP contribution in [0.2, 0.25) is 19.6 Å². The Morgan fingerprint density at radius 2 is 1.60 bits per heavy atom. The molecule has 1 aliphatic rings. The highest BCUT2D eigenvalue weighted by molar-refractivity contribution is 6.84. The number of nitrogens with zero attached hydrogens (tertiary/aromatic N) is 1. The number of aryl methyl sites for hydroxylation is 2. The molecule has 1 heterocycles. The summed E-state index contributed by atoms with van der Waals surface area (Å²) >= 11 is 0. The van der Waals surface area contributed by atoms with E-state index in [4.69, 9.17) is 0 Å². The van der Waals surface area contributed by atoms with E-state index in [9.17, 15) is 0 Å². The van der Waals surface area contributed by atoms with E-state index in [1.165, 1.54) is 22.3 Å². The van der Waals surface area contributed by atoms with Gasteiger partial charge in [-0.05, 0) is 66.3 Å². The van der Waals surface area contributed by atoms with Crippen molar-refractivity contribution in [1.82, 2.24) is 4.90 Å². The molecule has 0 saturated carbocycles. The van der Waals surface area contributed by atoms with Crippen molar-refractivity contribution in [2.45, 2.75) is 67.2 Å². The van der Waals surface area contributed by atoms with E-state index in [-0.39, 0.29) is 0 Å². The fourth-order valence-electron chi connectivity index (χ4n) is 3.81. The summed E-state index contributed by atoms with van der Waals surface area (Å²) in [7, 11) is 0.861. The Morgan fingerprint density at radius 1 is 1.00 bits per heavy atom. The van der Waals surface area contributed by atoms with Crippen molar-refractivity contribution >= 4 is 8.07 Å². The Hall–Kier alpha value is -1.28. The molecule has 0 bridgehead atoms. The SMILES string of the molecule is Cc1cc(C)c(C)c(C2C=C([C@@H](C)C(C)C)C([Si](C)(C)C)=CN2C)c1. The lowest BCUT2D eigenvalue weighted by atomic mass is 9.85. The van der Waals surface area contributed by atoms with E-state index in [0.717, 1.165) is 0 Å². The summed E-state index contributed by atoms with van der Waals surface area (Å²) in [6.45, 7) is 21.2. The van der Waals surface area contributed by atoms with Gasteiger partial charge in [0.1, 0.15) is 0 Å². The Balaban J connectivity index is 2.61. The van der Waals surface area contributed by atoms with Crippen molar-refractivity contribution in [3.05, 3.63) is 57.4 Å². The number of hydrogen-bond acceptors (Lipinski definition) is 1. The molecule has 0 amide bonds. The van der Waals surface area contributed by atoms with Crippen molar-refractivity contribution in [1.29, 1.82) is 0 Å². The zero-order chi connectivity index (χ0) is 19.1. The minimum absolute atomic E-state index is 0.342. The molecule has 0 radical (unpaired) electrons. The van der Waals surface area contributed by atoms with Gasteiger partial charge in [-0.3, -0.25) is 0 Å². The summed E-state index contributed by atoms with van der Waals surface area (Å²) in [5.41, 5.74) is 7.24. The van der Waals surface area contributed by atoms with Gasteiger partial charge in [0.2, 0.25) is 0 Å². The molecule has 0 spiro atoms. The predicted molar refractivity (Wildman–Crippen MR) is 115 cm³/mol. The molecule has 2 heteroatoms. The van der Waals surface area contributed by atoms with Crippen molar-refractivity contribution < 1.29 is 0 Å². The quantitative estimate of drug-likeness (QED) is 0.551. The fraction of sp³-hybridized carbons (Fsp3) is 0.565. The first-order chi connectivity index (χ1) is 11.4. The molecule has 25 heavy (non-hydrogen) atoms. The van der Waals surface area contributed by atoms with Crippen molar-refractivity contribution in [3.8, 4) is 0 Å². The highest BCUT2D eigenvalue weighted by Gasteiger charge is 2.32. The molecule has 0 N–H and O–H groups in total. The maximum atomic E-state index is 2.57. The molecule has 0 aromatic heterocycles. The van der Waals surface area contributed by atoms with Gasteiger partial charge in [-0.25, -0.2) is 0 Å². The second-order valence-corrected chi connectivity index (χ2v) is 14.4. The van der Waals surface area contributed by atoms with Gasteiger partial charge < -0.3 is 4.90 Å². The van der Waals surface area contributed by atoms with E-state index < -0.39 is 8.07 Å². The van der Waals surface area contributed by atoms with Crippen LogP contribution >= 0.6 is 0 Å². The first kappa shape index (κ1) is 20.0. The lowest BCUT2D eigenvalue weighted by Gasteiger charge is -2.39. The van der Waals surface area contributed by atoms with Gasteiger partial charge in [0.25, 0.3) is 0 Å². The maximum absolute atomic E-state index is 2.57. The largest absolute Gasteiger partial charge is 0.370 e. The summed E-state index contributed by atoms with van der Waals surface area (Å²) in [5, 5.41) is 1.62. The minimum atomic E-state index is -1.38. The van der Waals surface area contributed by atoms with Crippen LogP contribution in [0.25, 0.3) is 0 Å². The molecule has 1 nitrogen and oxygen atoms in total. The second kappa shape index (κ2) is 7.15. The van der Waals surface area contributed by atoms with Crippen LogP contribution in [0.1, 0.15) is 49.1 Å². The Morgan fingerprint density at radius 3 is 2.12 bits per heavy atom. The molecule has 2 rings (SSSR count). The highest BCUT2D eigenvalue weighted by Crippen LogP contribution is 2.40. The van der Waals surface area contributed by atoms with E-state index >= 15 is 0 Å². The van der Waals surface area contributed by atoms with Crippen LogP contribution in [-0.4, -0.2) is 20.0 Å². The van der Waals surface area contributed by atoms with E-state index in [0.29, 0.717) is 17.9 Å². The Kier molecular flexibility index (Phi) is 5.73. The smallest absolute Gasteiger partial charge is 0.0798 e. The lowest BCUT2D eigenvalue weighted by Crippen LogP contribution is -2.34. The summed E-state index contributed by atoms with van der Waals surface area (Å²) < 4.78 is 0. The van der Waals surface area contributed by atoms with Gasteiger partial charge in [0, 0.05) is 7.05 Å². The third kappa shape index (κ3) is 4.11. The van der Waals surface area contributed by atoms with Gasteiger partial charge in [-0.2, -0.15) is 0 Å². The van der Waals surface area contributed by atoms with Gasteiger partial charge in [-0.15, -0.1) is 0 Å². The first-order valence-corrected chi connectivity index (χ1v) is 13.2. The third-order valence-corrected chi connectivity index (χ3v) is 7.92. The molecular formula is C23H37NSi. The standard InChI is InChI=1S/C23H37NSi/c1-15(2)18(5)21-13-22(24(7)14-23(21)25(8,9)10)20-12-16(3)11-17(4)19(20)6/h11-15,18,22H,1-10H3/t18-,22?/m0/s1. The van der Waals surface area contributed by atoms with Crippen LogP contribution in [0.5, 0.6) is 0 Å².